The summed E-state index contributed by atoms with van der Waals surface area (Å²) in [5.41, 5.74) is 0.498. The summed E-state index contributed by atoms with van der Waals surface area (Å²) in [4.78, 5) is 11.2. The van der Waals surface area contributed by atoms with Crippen molar-refractivity contribution >= 4 is 5.97 Å². The van der Waals surface area contributed by atoms with E-state index < -0.39 is 0 Å². The predicted molar refractivity (Wildman–Crippen MR) is 60.8 cm³/mol. The maximum Gasteiger partial charge on any atom is 0.337 e. The second kappa shape index (κ2) is 5.21. The fourth-order valence-corrected chi connectivity index (χ4v) is 1.35. The smallest absolute Gasteiger partial charge is 0.337 e. The Kier molecular flexibility index (Phi) is 3.45. The van der Waals surface area contributed by atoms with Gasteiger partial charge in [0, 0.05) is 0 Å². The number of carbonyl (C=O) groups excluding carboxylic acids is 1. The number of furan rings is 1. The van der Waals surface area contributed by atoms with Crippen molar-refractivity contribution in [3.05, 3.63) is 54.0 Å². The highest BCUT2D eigenvalue weighted by atomic mass is 16.5. The molecule has 0 bridgehead atoms. The van der Waals surface area contributed by atoms with Crippen molar-refractivity contribution in [3.63, 3.8) is 0 Å². The normalized spacial score (nSPS) is 9.94. The molecule has 88 valence electrons. The third-order valence-electron chi connectivity index (χ3n) is 2.24. The van der Waals surface area contributed by atoms with E-state index in [1.807, 2.05) is 6.07 Å². The first-order valence-corrected chi connectivity index (χ1v) is 5.13. The number of hydrogen-bond donors (Lipinski definition) is 0. The van der Waals surface area contributed by atoms with Crippen LogP contribution < -0.4 is 4.74 Å². The Hall–Kier alpha value is -2.23. The van der Waals surface area contributed by atoms with Crippen molar-refractivity contribution in [1.29, 1.82) is 0 Å². The number of ether oxygens (including phenoxy) is 2. The van der Waals surface area contributed by atoms with E-state index in [4.69, 9.17) is 9.15 Å². The zero-order valence-electron chi connectivity index (χ0n) is 9.38. The number of carbonyl (C=O) groups is 1. The van der Waals surface area contributed by atoms with E-state index in [1.54, 1.807) is 36.6 Å². The SMILES string of the molecule is COC(=O)c1ccc(OCc2ccco2)cc1. The number of hydrogen-bond acceptors (Lipinski definition) is 4. The summed E-state index contributed by atoms with van der Waals surface area (Å²) in [5.74, 6) is 1.07. The van der Waals surface area contributed by atoms with Crippen LogP contribution in [0.25, 0.3) is 0 Å². The fraction of sp³-hybridized carbons (Fsp3) is 0.154. The van der Waals surface area contributed by atoms with Crippen molar-refractivity contribution in [3.8, 4) is 5.75 Å². The molecule has 0 unspecified atom stereocenters. The van der Waals surface area contributed by atoms with Crippen LogP contribution in [0, 0.1) is 0 Å². The van der Waals surface area contributed by atoms with Crippen molar-refractivity contribution in [1.82, 2.24) is 0 Å². The molecule has 0 radical (unpaired) electrons. The predicted octanol–water partition coefficient (Wildman–Crippen LogP) is 2.65. The minimum atomic E-state index is -0.359. The molecule has 1 aromatic heterocycles. The number of rotatable bonds is 4. The first kappa shape index (κ1) is 11.3. The van der Waals surface area contributed by atoms with E-state index >= 15 is 0 Å². The van der Waals surface area contributed by atoms with E-state index in [9.17, 15) is 4.79 Å². The first-order valence-electron chi connectivity index (χ1n) is 5.13. The van der Waals surface area contributed by atoms with Crippen LogP contribution in [0.3, 0.4) is 0 Å². The molecule has 0 aliphatic carbocycles. The van der Waals surface area contributed by atoms with E-state index in [0.717, 1.165) is 5.76 Å². The monoisotopic (exact) mass is 232 g/mol. The van der Waals surface area contributed by atoms with E-state index in [2.05, 4.69) is 4.74 Å². The zero-order valence-corrected chi connectivity index (χ0v) is 9.38. The Labute approximate surface area is 98.8 Å². The number of esters is 1. The minimum absolute atomic E-state index is 0.359. The Balaban J connectivity index is 1.96. The summed E-state index contributed by atoms with van der Waals surface area (Å²) in [6, 6.07) is 10.4. The molecule has 17 heavy (non-hydrogen) atoms. The highest BCUT2D eigenvalue weighted by Gasteiger charge is 2.04. The van der Waals surface area contributed by atoms with Gasteiger partial charge in [-0.1, -0.05) is 0 Å². The Bertz CT molecular complexity index is 471. The molecule has 2 aromatic rings. The minimum Gasteiger partial charge on any atom is -0.486 e. The van der Waals surface area contributed by atoms with Crippen LogP contribution in [-0.2, 0) is 11.3 Å². The lowest BCUT2D eigenvalue weighted by Gasteiger charge is -2.04. The van der Waals surface area contributed by atoms with Gasteiger partial charge in [0.2, 0.25) is 0 Å². The van der Waals surface area contributed by atoms with Crippen molar-refractivity contribution < 1.29 is 18.7 Å². The van der Waals surface area contributed by atoms with Gasteiger partial charge in [-0.25, -0.2) is 4.79 Å². The Morgan fingerprint density at radius 2 is 2.00 bits per heavy atom. The molecule has 0 amide bonds. The summed E-state index contributed by atoms with van der Waals surface area (Å²) in [6.45, 7) is 0.366. The second-order valence-corrected chi connectivity index (χ2v) is 3.38. The van der Waals surface area contributed by atoms with Gasteiger partial charge >= 0.3 is 5.97 Å². The van der Waals surface area contributed by atoms with Gasteiger partial charge in [0.15, 0.2) is 0 Å². The molecule has 0 N–H and O–H groups in total. The molecule has 0 spiro atoms. The summed E-state index contributed by atoms with van der Waals surface area (Å²) >= 11 is 0. The first-order chi connectivity index (χ1) is 8.29. The van der Waals surface area contributed by atoms with Crippen LogP contribution in [0.5, 0.6) is 5.75 Å². The largest absolute Gasteiger partial charge is 0.486 e. The molecule has 0 saturated carbocycles. The molecule has 4 heteroatoms. The van der Waals surface area contributed by atoms with Crippen molar-refractivity contribution in [2.24, 2.45) is 0 Å². The summed E-state index contributed by atoms with van der Waals surface area (Å²) in [5, 5.41) is 0. The van der Waals surface area contributed by atoms with Crippen LogP contribution in [0.4, 0.5) is 0 Å². The topological polar surface area (TPSA) is 48.7 Å². The maximum absolute atomic E-state index is 11.2. The highest BCUT2D eigenvalue weighted by molar-refractivity contribution is 5.89. The third kappa shape index (κ3) is 2.87. The number of methoxy groups -OCH3 is 1. The van der Waals surface area contributed by atoms with Gasteiger partial charge in [-0.3, -0.25) is 0 Å². The van der Waals surface area contributed by atoms with Gasteiger partial charge < -0.3 is 13.9 Å². The molecule has 0 fully saturated rings. The van der Waals surface area contributed by atoms with Crippen molar-refractivity contribution in [2.75, 3.05) is 7.11 Å². The fourth-order valence-electron chi connectivity index (χ4n) is 1.35. The summed E-state index contributed by atoms with van der Waals surface area (Å²) in [6.07, 6.45) is 1.60. The molecule has 0 aliphatic rings. The average molecular weight is 232 g/mol. The molecular formula is C13H12O4. The highest BCUT2D eigenvalue weighted by Crippen LogP contribution is 2.14. The van der Waals surface area contributed by atoms with Gasteiger partial charge in [0.05, 0.1) is 18.9 Å². The van der Waals surface area contributed by atoms with Crippen molar-refractivity contribution in [2.45, 2.75) is 6.61 Å². The molecule has 0 saturated heterocycles. The molecule has 1 heterocycles. The molecular weight excluding hydrogens is 220 g/mol. The van der Waals surface area contributed by atoms with Gasteiger partial charge in [0.1, 0.15) is 18.1 Å². The summed E-state index contributed by atoms with van der Waals surface area (Å²) in [7, 11) is 1.35. The molecule has 2 rings (SSSR count). The Morgan fingerprint density at radius 1 is 1.24 bits per heavy atom. The van der Waals surface area contributed by atoms with Gasteiger partial charge in [-0.05, 0) is 36.4 Å². The standard InChI is InChI=1S/C13H12O4/c1-15-13(14)10-4-6-11(7-5-10)17-9-12-3-2-8-16-12/h2-8H,9H2,1H3. The van der Waals surface area contributed by atoms with Crippen LogP contribution in [-0.4, -0.2) is 13.1 Å². The van der Waals surface area contributed by atoms with Crippen LogP contribution in [0.1, 0.15) is 16.1 Å². The van der Waals surface area contributed by atoms with Gasteiger partial charge in [-0.15, -0.1) is 0 Å². The maximum atomic E-state index is 11.2. The average Bonchev–Trinajstić information content (AvgIpc) is 2.89. The van der Waals surface area contributed by atoms with Crippen LogP contribution in [0.2, 0.25) is 0 Å². The summed E-state index contributed by atoms with van der Waals surface area (Å²) < 4.78 is 15.2. The third-order valence-corrected chi connectivity index (χ3v) is 2.24. The van der Waals surface area contributed by atoms with E-state index in [0.29, 0.717) is 17.9 Å². The number of benzene rings is 1. The quantitative estimate of drug-likeness (QED) is 0.760. The molecule has 1 aromatic carbocycles. The molecule has 4 nitrogen and oxygen atoms in total. The van der Waals surface area contributed by atoms with E-state index in [1.165, 1.54) is 7.11 Å². The molecule has 0 atom stereocenters. The lowest BCUT2D eigenvalue weighted by Crippen LogP contribution is -2.01. The lowest BCUT2D eigenvalue weighted by atomic mass is 10.2. The second-order valence-electron chi connectivity index (χ2n) is 3.38. The van der Waals surface area contributed by atoms with Gasteiger partial charge in [-0.2, -0.15) is 0 Å². The molecule has 0 aliphatic heterocycles. The lowest BCUT2D eigenvalue weighted by molar-refractivity contribution is 0.0600. The van der Waals surface area contributed by atoms with E-state index in [-0.39, 0.29) is 5.97 Å². The van der Waals surface area contributed by atoms with Gasteiger partial charge in [0.25, 0.3) is 0 Å². The Morgan fingerprint density at radius 3 is 2.59 bits per heavy atom. The van der Waals surface area contributed by atoms with Crippen LogP contribution >= 0.6 is 0 Å². The van der Waals surface area contributed by atoms with Crippen LogP contribution in [0.15, 0.2) is 47.1 Å². The zero-order chi connectivity index (χ0) is 12.1.